The molecule has 0 aliphatic heterocycles. The van der Waals surface area contributed by atoms with Crippen LogP contribution in [0.25, 0.3) is 0 Å². The Bertz CT molecular complexity index is 361. The minimum absolute atomic E-state index is 1.12. The molecule has 0 aromatic carbocycles. The second kappa shape index (κ2) is 5.28. The molecule has 1 aromatic rings. The number of hydrogen-bond donors (Lipinski definition) is 0. The van der Waals surface area contributed by atoms with Gasteiger partial charge in [-0.2, -0.15) is 11.8 Å². The number of nitrogens with zero attached hydrogens (tertiary/aromatic N) is 2. The molecule has 0 spiro atoms. The van der Waals surface area contributed by atoms with Crippen molar-refractivity contribution in [1.29, 1.82) is 0 Å². The zero-order valence-corrected chi connectivity index (χ0v) is 11.6. The van der Waals surface area contributed by atoms with Crippen molar-refractivity contribution in [3.63, 3.8) is 0 Å². The molecular weight excluding hydrogens is 301 g/mol. The van der Waals surface area contributed by atoms with E-state index >= 15 is 0 Å². The molecule has 0 fully saturated rings. The van der Waals surface area contributed by atoms with Gasteiger partial charge in [0, 0.05) is 5.75 Å². The van der Waals surface area contributed by atoms with Gasteiger partial charge < -0.3 is 0 Å². The van der Waals surface area contributed by atoms with Gasteiger partial charge in [-0.05, 0) is 5.75 Å². The number of hydrogen-bond acceptors (Lipinski definition) is 1. The molecule has 0 amide bonds. The van der Waals surface area contributed by atoms with Crippen molar-refractivity contribution in [2.75, 3.05) is 11.5 Å². The van der Waals surface area contributed by atoms with Crippen molar-refractivity contribution >= 4 is 19.6 Å². The van der Waals surface area contributed by atoms with Crippen molar-refractivity contribution < 1.29 is 29.7 Å². The Balaban J connectivity index is 0.000000360. The fraction of sp³-hybridized carbons (Fsp3) is 0.625. The Morgan fingerprint density at radius 2 is 1.67 bits per heavy atom. The summed E-state index contributed by atoms with van der Waals surface area (Å²) in [6, 6.07) is 0. The predicted octanol–water partition coefficient (Wildman–Crippen LogP) is 4.45. The van der Waals surface area contributed by atoms with Crippen LogP contribution in [-0.4, -0.2) is 16.1 Å². The first-order chi connectivity index (χ1) is 7.78. The Morgan fingerprint density at radius 3 is 2.00 bits per heavy atom. The standard InChI is InChI=1S/C8H15N2S.F6P/c1-3-11-7-6-10-5-4-9(2)8-10;1-7(2,3,4,5)6/h4-5,8H,3,6-7H2,1-2H3;/q+1;-1. The third-order valence-corrected chi connectivity index (χ3v) is 2.40. The summed E-state index contributed by atoms with van der Waals surface area (Å²) < 4.78 is 63.5. The molecule has 0 aliphatic carbocycles. The van der Waals surface area contributed by atoms with E-state index in [0.717, 1.165) is 6.54 Å². The molecule has 0 unspecified atom stereocenters. The van der Waals surface area contributed by atoms with Crippen LogP contribution >= 0.6 is 19.6 Å². The van der Waals surface area contributed by atoms with E-state index in [4.69, 9.17) is 0 Å². The molecule has 0 N–H and O–H groups in total. The molecular formula is C8H15F6N2PS. The van der Waals surface area contributed by atoms with Gasteiger partial charge in [0.15, 0.2) is 0 Å². The summed E-state index contributed by atoms with van der Waals surface area (Å²) >= 11 is 1.98. The average molecular weight is 316 g/mol. The molecule has 1 heterocycles. The van der Waals surface area contributed by atoms with Crippen LogP contribution in [-0.2, 0) is 13.6 Å². The van der Waals surface area contributed by atoms with Crippen LogP contribution in [0, 0.1) is 0 Å². The van der Waals surface area contributed by atoms with Crippen LogP contribution in [0.1, 0.15) is 6.92 Å². The molecule has 0 bridgehead atoms. The van der Waals surface area contributed by atoms with Crippen molar-refractivity contribution in [3.05, 3.63) is 18.7 Å². The van der Waals surface area contributed by atoms with E-state index in [1.165, 1.54) is 11.5 Å². The van der Waals surface area contributed by atoms with Crippen molar-refractivity contribution in [3.8, 4) is 0 Å². The number of thioether (sulfide) groups is 1. The summed E-state index contributed by atoms with van der Waals surface area (Å²) in [7, 11) is -8.61. The van der Waals surface area contributed by atoms with E-state index in [1.807, 2.05) is 18.8 Å². The van der Waals surface area contributed by atoms with Gasteiger partial charge in [-0.25, -0.2) is 9.13 Å². The summed E-state index contributed by atoms with van der Waals surface area (Å²) in [5.41, 5.74) is 0. The first-order valence-electron chi connectivity index (χ1n) is 4.93. The Kier molecular flexibility index (Phi) is 5.16. The van der Waals surface area contributed by atoms with Gasteiger partial charge in [0.1, 0.15) is 12.4 Å². The van der Waals surface area contributed by atoms with E-state index in [0.29, 0.717) is 0 Å². The van der Waals surface area contributed by atoms with Gasteiger partial charge >= 0.3 is 33.0 Å². The molecule has 0 saturated heterocycles. The minimum atomic E-state index is -10.7. The second-order valence-electron chi connectivity index (χ2n) is 3.47. The number of halogens is 6. The normalized spacial score (nSPS) is 15.3. The van der Waals surface area contributed by atoms with Gasteiger partial charge in [-0.3, -0.25) is 0 Å². The zero-order valence-electron chi connectivity index (χ0n) is 9.87. The van der Waals surface area contributed by atoms with Crippen LogP contribution in [0.4, 0.5) is 25.2 Å². The fourth-order valence-electron chi connectivity index (χ4n) is 0.948. The first-order valence-corrected chi connectivity index (χ1v) is 8.11. The molecule has 0 radical (unpaired) electrons. The average Bonchev–Trinajstić information content (AvgIpc) is 2.46. The number of rotatable bonds is 4. The van der Waals surface area contributed by atoms with E-state index in [9.17, 15) is 25.2 Å². The van der Waals surface area contributed by atoms with Crippen LogP contribution in [0.5, 0.6) is 0 Å². The molecule has 1 aromatic heterocycles. The van der Waals surface area contributed by atoms with Crippen LogP contribution in [0.3, 0.4) is 0 Å². The van der Waals surface area contributed by atoms with E-state index in [1.54, 1.807) is 0 Å². The van der Waals surface area contributed by atoms with Gasteiger partial charge in [-0.1, -0.05) is 6.92 Å². The van der Waals surface area contributed by atoms with Crippen LogP contribution in [0.2, 0.25) is 0 Å². The molecule has 110 valence electrons. The maximum absolute atomic E-state index is 10.7. The Hall–Kier alpha value is -0.430. The molecule has 1 rings (SSSR count). The monoisotopic (exact) mass is 316 g/mol. The third-order valence-electron chi connectivity index (χ3n) is 1.52. The Labute approximate surface area is 105 Å². The number of aromatic nitrogens is 2. The van der Waals surface area contributed by atoms with Crippen molar-refractivity contribution in [1.82, 2.24) is 4.57 Å². The van der Waals surface area contributed by atoms with Gasteiger partial charge in [0.05, 0.1) is 13.6 Å². The maximum atomic E-state index is 9.87. The van der Waals surface area contributed by atoms with Crippen LogP contribution < -0.4 is 4.57 Å². The number of aryl methyl sites for hydroxylation is 2. The molecule has 0 aliphatic rings. The first kappa shape index (κ1) is 17.6. The fourth-order valence-corrected chi connectivity index (χ4v) is 1.58. The molecule has 0 saturated carbocycles. The van der Waals surface area contributed by atoms with E-state index in [2.05, 4.69) is 34.8 Å². The summed E-state index contributed by atoms with van der Waals surface area (Å²) in [4.78, 5) is 0. The van der Waals surface area contributed by atoms with Crippen LogP contribution in [0.15, 0.2) is 18.7 Å². The van der Waals surface area contributed by atoms with Gasteiger partial charge in [0.25, 0.3) is 0 Å². The van der Waals surface area contributed by atoms with Crippen molar-refractivity contribution in [2.24, 2.45) is 7.05 Å². The van der Waals surface area contributed by atoms with E-state index < -0.39 is 7.81 Å². The topological polar surface area (TPSA) is 8.81 Å². The summed E-state index contributed by atoms with van der Waals surface area (Å²) in [5, 5.41) is 0. The summed E-state index contributed by atoms with van der Waals surface area (Å²) in [6.07, 6.45) is 6.28. The number of imidazole rings is 1. The quantitative estimate of drug-likeness (QED) is 0.345. The predicted molar refractivity (Wildman–Crippen MR) is 62.2 cm³/mol. The summed E-state index contributed by atoms with van der Waals surface area (Å²) in [5.74, 6) is 2.43. The molecule has 0 atom stereocenters. The Morgan fingerprint density at radius 1 is 1.17 bits per heavy atom. The van der Waals surface area contributed by atoms with Crippen molar-refractivity contribution in [2.45, 2.75) is 13.5 Å². The van der Waals surface area contributed by atoms with Gasteiger partial charge in [0.2, 0.25) is 6.33 Å². The van der Waals surface area contributed by atoms with Gasteiger partial charge in [-0.15, -0.1) is 0 Å². The third kappa shape index (κ3) is 17.9. The zero-order chi connectivity index (χ0) is 14.5. The SMILES string of the molecule is CCSCCn1cc[n+](C)c1.F[P-](F)(F)(F)(F)F. The second-order valence-corrected chi connectivity index (χ2v) is 6.78. The molecule has 18 heavy (non-hydrogen) atoms. The summed E-state index contributed by atoms with van der Waals surface area (Å²) in [6.45, 7) is 3.32. The molecule has 2 nitrogen and oxygen atoms in total. The molecule has 10 heteroatoms. The van der Waals surface area contributed by atoms with E-state index in [-0.39, 0.29) is 0 Å².